The molecule has 3 rings (SSSR count). The van der Waals surface area contributed by atoms with E-state index in [0.29, 0.717) is 24.5 Å². The van der Waals surface area contributed by atoms with Crippen LogP contribution >= 0.6 is 0 Å². The van der Waals surface area contributed by atoms with Crippen molar-refractivity contribution >= 4 is 39.2 Å². The van der Waals surface area contributed by atoms with Gasteiger partial charge in [0, 0.05) is 0 Å². The van der Waals surface area contributed by atoms with E-state index in [-0.39, 0.29) is 5.56 Å². The molecule has 226 valence electrons. The fraction of sp³-hybridized carbons (Fsp3) is 0.429. The summed E-state index contributed by atoms with van der Waals surface area (Å²) in [6, 6.07) is 10.9. The summed E-state index contributed by atoms with van der Waals surface area (Å²) in [5.41, 5.74) is -2.96. The maximum Gasteiger partial charge on any atom is 0.340 e. The Kier molecular flexibility index (Phi) is 12.3. The van der Waals surface area contributed by atoms with Gasteiger partial charge in [-0.3, -0.25) is 34.9 Å². The number of benzene rings is 3. The fourth-order valence-corrected chi connectivity index (χ4v) is 5.24. The van der Waals surface area contributed by atoms with Crippen LogP contribution in [0.25, 0.3) is 21.9 Å². The van der Waals surface area contributed by atoms with E-state index in [9.17, 15) is 34.6 Å². The Morgan fingerprint density at radius 3 is 1.95 bits per heavy atom. The van der Waals surface area contributed by atoms with Crippen molar-refractivity contribution < 1.29 is 32.8 Å². The minimum absolute atomic E-state index is 0.132. The molecule has 0 fully saturated rings. The number of fused-ring (bicyclic) bond motifs is 1. The van der Waals surface area contributed by atoms with Gasteiger partial charge in [0.1, 0.15) is 5.56 Å². The van der Waals surface area contributed by atoms with Crippen molar-refractivity contribution in [3.05, 3.63) is 78.4 Å². The molecule has 42 heavy (non-hydrogen) atoms. The topological polar surface area (TPSA) is 185 Å². The average molecular weight is 604 g/mol. The molecule has 3 aromatic rings. The van der Waals surface area contributed by atoms with Gasteiger partial charge in [-0.25, -0.2) is 0 Å². The van der Waals surface area contributed by atoms with Crippen LogP contribution in [0.4, 0.5) is 17.1 Å². The molecule has 0 saturated heterocycles. The largest absolute Gasteiger partial charge is 0.340 e. The molecular formula is C28H33N3O10S. The molecule has 0 bridgehead atoms. The molecule has 0 amide bonds. The Labute approximate surface area is 244 Å². The summed E-state index contributed by atoms with van der Waals surface area (Å²) in [6.07, 6.45) is 11.4. The number of nitro groups is 3. The van der Waals surface area contributed by atoms with Gasteiger partial charge in [0.15, 0.2) is 0 Å². The standard InChI is InChI=1S/C28H33N3O10S/c1-2-3-4-5-6-7-8-9-10-11-16-22-21-15-13-12-14-20(21)17-18-23(22)26-24(29(32)33)19-25(30(34)35)28(27(26)31(36)37)40-41-42(38)39/h12-15,17-19H,2-11,16H2,1H3,(H,38,39). The minimum Gasteiger partial charge on any atom is -0.306 e. The van der Waals surface area contributed by atoms with Crippen molar-refractivity contribution in [3.8, 4) is 16.9 Å². The summed E-state index contributed by atoms with van der Waals surface area (Å²) < 4.78 is 24.1. The van der Waals surface area contributed by atoms with E-state index in [1.165, 1.54) is 38.2 Å². The van der Waals surface area contributed by atoms with Crippen LogP contribution in [0, 0.1) is 30.3 Å². The second-order valence-corrected chi connectivity index (χ2v) is 10.4. The maximum atomic E-state index is 12.3. The molecule has 14 heteroatoms. The van der Waals surface area contributed by atoms with Crippen LogP contribution in [0.5, 0.6) is 5.75 Å². The van der Waals surface area contributed by atoms with Crippen LogP contribution in [0.15, 0.2) is 42.5 Å². The number of aryl methyl sites for hydroxylation is 1. The quantitative estimate of drug-likeness (QED) is 0.0489. The molecule has 0 aliphatic carbocycles. The van der Waals surface area contributed by atoms with Gasteiger partial charge in [-0.15, -0.1) is 0 Å². The van der Waals surface area contributed by atoms with Crippen molar-refractivity contribution in [3.63, 3.8) is 0 Å². The molecule has 1 atom stereocenters. The smallest absolute Gasteiger partial charge is 0.306 e. The Morgan fingerprint density at radius 1 is 0.786 bits per heavy atom. The molecule has 3 aromatic carbocycles. The molecule has 0 aliphatic rings. The number of hydrogen-bond donors (Lipinski definition) is 1. The second kappa shape index (κ2) is 15.8. The Morgan fingerprint density at radius 2 is 1.38 bits per heavy atom. The first-order chi connectivity index (χ1) is 20.2. The third-order valence-electron chi connectivity index (χ3n) is 7.06. The average Bonchev–Trinajstić information content (AvgIpc) is 2.95. The van der Waals surface area contributed by atoms with Crippen molar-refractivity contribution in [2.45, 2.75) is 77.6 Å². The number of rotatable bonds is 18. The van der Waals surface area contributed by atoms with Gasteiger partial charge in [-0.2, -0.15) is 4.21 Å². The third-order valence-corrected chi connectivity index (χ3v) is 7.24. The minimum atomic E-state index is -3.11. The van der Waals surface area contributed by atoms with Crippen molar-refractivity contribution in [1.29, 1.82) is 0 Å². The number of unbranched alkanes of at least 4 members (excludes halogenated alkanes) is 9. The van der Waals surface area contributed by atoms with Gasteiger partial charge < -0.3 is 4.89 Å². The van der Waals surface area contributed by atoms with Gasteiger partial charge >= 0.3 is 28.5 Å². The highest BCUT2D eigenvalue weighted by Gasteiger charge is 2.41. The van der Waals surface area contributed by atoms with Crippen LogP contribution in [0.3, 0.4) is 0 Å². The molecular weight excluding hydrogens is 570 g/mol. The van der Waals surface area contributed by atoms with Crippen LogP contribution in [0.1, 0.15) is 76.7 Å². The SMILES string of the molecule is CCCCCCCCCCCCc1c(-c2c([N+](=O)[O-])cc([N+](=O)[O-])c(OOS(=O)O)c2[N+](=O)[O-])ccc2ccccc12. The fourth-order valence-electron chi connectivity index (χ4n) is 5.12. The van der Waals surface area contributed by atoms with Crippen LogP contribution < -0.4 is 4.89 Å². The summed E-state index contributed by atoms with van der Waals surface area (Å²) in [5.74, 6) is -1.13. The molecule has 0 aliphatic heterocycles. The zero-order valence-corrected chi connectivity index (χ0v) is 24.0. The summed E-state index contributed by atoms with van der Waals surface area (Å²) in [6.45, 7) is 2.18. The van der Waals surface area contributed by atoms with Gasteiger partial charge in [0.2, 0.25) is 0 Å². The highest BCUT2D eigenvalue weighted by Crippen LogP contribution is 2.51. The van der Waals surface area contributed by atoms with Crippen LogP contribution in [0.2, 0.25) is 0 Å². The Hall–Kier alpha value is -4.01. The molecule has 13 nitrogen and oxygen atoms in total. The number of nitrogens with zero attached hydrogens (tertiary/aromatic N) is 3. The first kappa shape index (κ1) is 32.5. The number of hydrogen-bond acceptors (Lipinski definition) is 9. The summed E-state index contributed by atoms with van der Waals surface area (Å²) in [5, 5.41) is 37.7. The number of nitro benzene ring substituents is 3. The molecule has 0 heterocycles. The van der Waals surface area contributed by atoms with Gasteiger partial charge in [0.05, 0.1) is 20.8 Å². The Bertz CT molecular complexity index is 1460. The van der Waals surface area contributed by atoms with Crippen molar-refractivity contribution in [1.82, 2.24) is 0 Å². The summed E-state index contributed by atoms with van der Waals surface area (Å²) >= 11 is -3.11. The third kappa shape index (κ3) is 8.27. The van der Waals surface area contributed by atoms with E-state index in [1.807, 2.05) is 18.2 Å². The van der Waals surface area contributed by atoms with Gasteiger partial charge in [-0.05, 0) is 34.7 Å². The van der Waals surface area contributed by atoms with E-state index in [4.69, 9.17) is 4.55 Å². The molecule has 0 aromatic heterocycles. The first-order valence-corrected chi connectivity index (χ1v) is 14.8. The summed E-state index contributed by atoms with van der Waals surface area (Å²) in [7, 11) is 0. The predicted molar refractivity (Wildman–Crippen MR) is 157 cm³/mol. The molecule has 0 spiro atoms. The lowest BCUT2D eigenvalue weighted by Crippen LogP contribution is -2.08. The molecule has 1 unspecified atom stereocenters. The van der Waals surface area contributed by atoms with Crippen LogP contribution in [-0.4, -0.2) is 23.5 Å². The monoisotopic (exact) mass is 603 g/mol. The van der Waals surface area contributed by atoms with E-state index >= 15 is 0 Å². The van der Waals surface area contributed by atoms with E-state index < -0.39 is 54.5 Å². The maximum absolute atomic E-state index is 12.3. The zero-order chi connectivity index (χ0) is 30.6. The lowest BCUT2D eigenvalue weighted by molar-refractivity contribution is -0.405. The highest BCUT2D eigenvalue weighted by molar-refractivity contribution is 7.74. The van der Waals surface area contributed by atoms with Crippen molar-refractivity contribution in [2.75, 3.05) is 0 Å². The Balaban J connectivity index is 2.07. The second-order valence-electron chi connectivity index (χ2n) is 9.85. The zero-order valence-electron chi connectivity index (χ0n) is 23.2. The van der Waals surface area contributed by atoms with Crippen molar-refractivity contribution in [2.24, 2.45) is 0 Å². The predicted octanol–water partition coefficient (Wildman–Crippen LogP) is 8.14. The van der Waals surface area contributed by atoms with Crippen LogP contribution in [-0.2, 0) is 22.1 Å². The van der Waals surface area contributed by atoms with E-state index in [0.717, 1.165) is 36.5 Å². The lowest BCUT2D eigenvalue weighted by Gasteiger charge is -2.15. The van der Waals surface area contributed by atoms with E-state index in [1.54, 1.807) is 12.1 Å². The summed E-state index contributed by atoms with van der Waals surface area (Å²) in [4.78, 5) is 37.6. The normalized spacial score (nSPS) is 11.9. The molecule has 0 saturated carbocycles. The highest BCUT2D eigenvalue weighted by atomic mass is 32.2. The molecule has 1 N–H and O–H groups in total. The lowest BCUT2D eigenvalue weighted by atomic mass is 9.89. The van der Waals surface area contributed by atoms with Gasteiger partial charge in [0.25, 0.3) is 5.69 Å². The first-order valence-electron chi connectivity index (χ1n) is 13.8. The van der Waals surface area contributed by atoms with E-state index in [2.05, 4.69) is 16.1 Å². The molecule has 0 radical (unpaired) electrons. The van der Waals surface area contributed by atoms with Gasteiger partial charge in [-0.1, -0.05) is 105 Å².